The van der Waals surface area contributed by atoms with Crippen molar-refractivity contribution >= 4 is 23.7 Å². The Labute approximate surface area is 172 Å². The molecule has 154 valence electrons. The van der Waals surface area contributed by atoms with E-state index in [9.17, 15) is 9.59 Å². The molecule has 1 N–H and O–H groups in total. The summed E-state index contributed by atoms with van der Waals surface area (Å²) >= 11 is 1.60. The summed E-state index contributed by atoms with van der Waals surface area (Å²) in [6, 6.07) is 8.50. The highest BCUT2D eigenvalue weighted by Crippen LogP contribution is 2.39. The Hall–Kier alpha value is -2.78. The summed E-state index contributed by atoms with van der Waals surface area (Å²) in [5, 5.41) is 3.12. The van der Waals surface area contributed by atoms with Crippen molar-refractivity contribution in [2.24, 2.45) is 0 Å². The van der Waals surface area contributed by atoms with Gasteiger partial charge in [-0.1, -0.05) is 0 Å². The highest BCUT2D eigenvalue weighted by atomic mass is 32.2. The molecular weight excluding hydrogens is 396 g/mol. The fourth-order valence-corrected chi connectivity index (χ4v) is 4.06. The SMILES string of the molecule is COC(=O)c1ccc(COc2ccc(OC)cc2C2NC(C(=O)OC)CS2)nc1. The van der Waals surface area contributed by atoms with E-state index in [1.54, 1.807) is 31.0 Å². The smallest absolute Gasteiger partial charge is 0.339 e. The number of rotatable bonds is 7. The molecule has 2 atom stereocenters. The monoisotopic (exact) mass is 418 g/mol. The molecule has 1 aliphatic heterocycles. The number of nitrogens with zero attached hydrogens (tertiary/aromatic N) is 1. The maximum atomic E-state index is 11.8. The first-order valence-electron chi connectivity index (χ1n) is 8.85. The molecule has 1 saturated heterocycles. The minimum atomic E-state index is -0.438. The van der Waals surface area contributed by atoms with Crippen LogP contribution in [0.1, 0.15) is 27.0 Å². The number of esters is 2. The number of hydrogen-bond donors (Lipinski definition) is 1. The molecule has 3 rings (SSSR count). The van der Waals surface area contributed by atoms with Crippen LogP contribution in [0.25, 0.3) is 0 Å². The second kappa shape index (κ2) is 9.62. The molecule has 0 aliphatic carbocycles. The summed E-state index contributed by atoms with van der Waals surface area (Å²) < 4.78 is 20.8. The molecule has 8 nitrogen and oxygen atoms in total. The number of pyridine rings is 1. The molecule has 2 aromatic rings. The van der Waals surface area contributed by atoms with Crippen LogP contribution in [-0.4, -0.2) is 50.0 Å². The van der Waals surface area contributed by atoms with Gasteiger partial charge >= 0.3 is 11.9 Å². The second-order valence-electron chi connectivity index (χ2n) is 6.18. The lowest BCUT2D eigenvalue weighted by Gasteiger charge is -2.18. The lowest BCUT2D eigenvalue weighted by molar-refractivity contribution is -0.142. The quantitative estimate of drug-likeness (QED) is 0.680. The number of ether oxygens (including phenoxy) is 4. The van der Waals surface area contributed by atoms with E-state index in [4.69, 9.17) is 14.2 Å². The van der Waals surface area contributed by atoms with E-state index in [1.165, 1.54) is 20.4 Å². The predicted octanol–water partition coefficient (Wildman–Crippen LogP) is 2.33. The standard InChI is InChI=1S/C20H22N2O6S/c1-25-14-6-7-17(15(8-14)18-22-16(11-29-18)20(24)27-3)28-10-13-5-4-12(9-21-13)19(23)26-2/h4-9,16,18,22H,10-11H2,1-3H3. The maximum absolute atomic E-state index is 11.8. The first kappa shape index (κ1) is 20.9. The van der Waals surface area contributed by atoms with Crippen molar-refractivity contribution in [3.63, 3.8) is 0 Å². The molecular formula is C20H22N2O6S. The Morgan fingerprint density at radius 3 is 2.66 bits per heavy atom. The van der Waals surface area contributed by atoms with Crippen molar-refractivity contribution in [1.82, 2.24) is 10.3 Å². The van der Waals surface area contributed by atoms with Gasteiger partial charge in [-0.25, -0.2) is 4.79 Å². The third kappa shape index (κ3) is 4.99. The Morgan fingerprint density at radius 1 is 1.17 bits per heavy atom. The zero-order valence-electron chi connectivity index (χ0n) is 16.3. The number of benzene rings is 1. The molecule has 1 aliphatic rings. The van der Waals surface area contributed by atoms with Gasteiger partial charge in [0.2, 0.25) is 0 Å². The van der Waals surface area contributed by atoms with Crippen LogP contribution < -0.4 is 14.8 Å². The fourth-order valence-electron chi connectivity index (χ4n) is 2.82. The minimum absolute atomic E-state index is 0.140. The van der Waals surface area contributed by atoms with Crippen LogP contribution in [0.4, 0.5) is 0 Å². The van der Waals surface area contributed by atoms with Gasteiger partial charge in [0, 0.05) is 17.5 Å². The molecule has 9 heteroatoms. The number of hydrogen-bond acceptors (Lipinski definition) is 9. The van der Waals surface area contributed by atoms with Gasteiger partial charge in [-0.2, -0.15) is 0 Å². The normalized spacial score (nSPS) is 18.2. The second-order valence-corrected chi connectivity index (χ2v) is 7.32. The van der Waals surface area contributed by atoms with Gasteiger partial charge in [0.1, 0.15) is 24.1 Å². The Morgan fingerprint density at radius 2 is 2.00 bits per heavy atom. The van der Waals surface area contributed by atoms with Crippen molar-refractivity contribution in [2.45, 2.75) is 18.0 Å². The number of carbonyl (C=O) groups excluding carboxylic acids is 2. The molecule has 0 spiro atoms. The molecule has 0 saturated carbocycles. The molecule has 0 bridgehead atoms. The first-order chi connectivity index (χ1) is 14.0. The van der Waals surface area contributed by atoms with Crippen LogP contribution in [0, 0.1) is 0 Å². The Kier molecular flexibility index (Phi) is 6.95. The first-order valence-corrected chi connectivity index (χ1v) is 9.90. The van der Waals surface area contributed by atoms with Gasteiger partial charge in [0.15, 0.2) is 0 Å². The Balaban J connectivity index is 1.74. The van der Waals surface area contributed by atoms with Gasteiger partial charge in [-0.05, 0) is 30.3 Å². The highest BCUT2D eigenvalue weighted by molar-refractivity contribution is 7.99. The van der Waals surface area contributed by atoms with Crippen molar-refractivity contribution < 1.29 is 28.5 Å². The average molecular weight is 418 g/mol. The number of methoxy groups -OCH3 is 3. The third-order valence-electron chi connectivity index (χ3n) is 4.39. The Bertz CT molecular complexity index is 874. The van der Waals surface area contributed by atoms with Crippen LogP contribution >= 0.6 is 11.8 Å². The highest BCUT2D eigenvalue weighted by Gasteiger charge is 2.33. The third-order valence-corrected chi connectivity index (χ3v) is 5.64. The topological polar surface area (TPSA) is 96.0 Å². The molecule has 1 fully saturated rings. The molecule has 2 heterocycles. The van der Waals surface area contributed by atoms with Crippen molar-refractivity contribution in [3.05, 3.63) is 53.3 Å². The summed E-state index contributed by atoms with van der Waals surface area (Å²) in [6.07, 6.45) is 1.45. The molecule has 2 unspecified atom stereocenters. The lowest BCUT2D eigenvalue weighted by atomic mass is 10.1. The summed E-state index contributed by atoms with van der Waals surface area (Å²) in [5.41, 5.74) is 1.91. The van der Waals surface area contributed by atoms with Gasteiger partial charge in [-0.15, -0.1) is 11.8 Å². The number of nitrogens with one attached hydrogen (secondary N) is 1. The van der Waals surface area contributed by atoms with Gasteiger partial charge in [0.25, 0.3) is 0 Å². The summed E-state index contributed by atoms with van der Waals surface area (Å²) in [7, 11) is 4.30. The summed E-state index contributed by atoms with van der Waals surface area (Å²) in [6.45, 7) is 0.221. The zero-order valence-corrected chi connectivity index (χ0v) is 17.2. The molecule has 29 heavy (non-hydrogen) atoms. The van der Waals surface area contributed by atoms with Gasteiger partial charge in [0.05, 0.1) is 38.0 Å². The number of carbonyl (C=O) groups is 2. The van der Waals surface area contributed by atoms with Crippen LogP contribution in [0.3, 0.4) is 0 Å². The van der Waals surface area contributed by atoms with Gasteiger partial charge in [-0.3, -0.25) is 15.1 Å². The zero-order chi connectivity index (χ0) is 20.8. The lowest BCUT2D eigenvalue weighted by Crippen LogP contribution is -2.35. The van der Waals surface area contributed by atoms with Crippen LogP contribution in [-0.2, 0) is 20.9 Å². The van der Waals surface area contributed by atoms with E-state index < -0.39 is 5.97 Å². The summed E-state index contributed by atoms with van der Waals surface area (Å²) in [4.78, 5) is 27.6. The van der Waals surface area contributed by atoms with Crippen LogP contribution in [0.15, 0.2) is 36.5 Å². The average Bonchev–Trinajstić information content (AvgIpc) is 3.27. The van der Waals surface area contributed by atoms with E-state index in [2.05, 4.69) is 15.0 Å². The van der Waals surface area contributed by atoms with Gasteiger partial charge < -0.3 is 18.9 Å². The molecule has 0 radical (unpaired) electrons. The van der Waals surface area contributed by atoms with Crippen LogP contribution in [0.2, 0.25) is 0 Å². The van der Waals surface area contributed by atoms with Crippen molar-refractivity contribution in [2.75, 3.05) is 27.1 Å². The van der Waals surface area contributed by atoms with Crippen LogP contribution in [0.5, 0.6) is 11.5 Å². The van der Waals surface area contributed by atoms with E-state index >= 15 is 0 Å². The fraction of sp³-hybridized carbons (Fsp3) is 0.350. The van der Waals surface area contributed by atoms with E-state index in [1.807, 2.05) is 18.2 Å². The number of thioether (sulfide) groups is 1. The summed E-state index contributed by atoms with van der Waals surface area (Å²) in [5.74, 6) is 1.22. The predicted molar refractivity (Wildman–Crippen MR) is 107 cm³/mol. The largest absolute Gasteiger partial charge is 0.497 e. The van der Waals surface area contributed by atoms with Crippen molar-refractivity contribution in [3.8, 4) is 11.5 Å². The van der Waals surface area contributed by atoms with Crippen molar-refractivity contribution in [1.29, 1.82) is 0 Å². The minimum Gasteiger partial charge on any atom is -0.497 e. The van der Waals surface area contributed by atoms with E-state index in [0.717, 1.165) is 5.56 Å². The maximum Gasteiger partial charge on any atom is 0.339 e. The molecule has 1 aromatic carbocycles. The number of aromatic nitrogens is 1. The molecule has 1 aromatic heterocycles. The molecule has 0 amide bonds. The van der Waals surface area contributed by atoms with E-state index in [0.29, 0.717) is 28.5 Å². The van der Waals surface area contributed by atoms with E-state index in [-0.39, 0.29) is 24.0 Å².